The Hall–Kier alpha value is 0.140. The Morgan fingerprint density at radius 2 is 2.05 bits per heavy atom. The first-order valence-corrected chi connectivity index (χ1v) is 9.34. The van der Waals surface area contributed by atoms with Crippen molar-refractivity contribution in [2.24, 2.45) is 23.7 Å². The lowest BCUT2D eigenvalue weighted by molar-refractivity contribution is 0.200. The van der Waals surface area contributed by atoms with Crippen molar-refractivity contribution in [1.82, 2.24) is 5.32 Å². The first-order chi connectivity index (χ1) is 9.22. The van der Waals surface area contributed by atoms with Crippen LogP contribution in [0.2, 0.25) is 0 Å². The highest BCUT2D eigenvalue weighted by Crippen LogP contribution is 2.58. The van der Waals surface area contributed by atoms with Gasteiger partial charge in [0.1, 0.15) is 0 Å². The third kappa shape index (κ3) is 2.13. The zero-order valence-corrected chi connectivity index (χ0v) is 13.8. The Morgan fingerprint density at radius 1 is 1.21 bits per heavy atom. The van der Waals surface area contributed by atoms with Crippen LogP contribution in [0.1, 0.15) is 49.9 Å². The second-order valence-corrected chi connectivity index (χ2v) is 9.29. The molecule has 2 bridgehead atoms. The molecule has 3 heteroatoms. The molecule has 1 aromatic rings. The monoisotopic (exact) mass is 339 g/mol. The lowest BCUT2D eigenvalue weighted by Gasteiger charge is -2.33. The minimum Gasteiger partial charge on any atom is -0.306 e. The van der Waals surface area contributed by atoms with Crippen LogP contribution in [0.4, 0.5) is 0 Å². The molecule has 1 nitrogen and oxygen atoms in total. The van der Waals surface area contributed by atoms with Crippen LogP contribution in [0.5, 0.6) is 0 Å². The molecule has 6 atom stereocenters. The maximum Gasteiger partial charge on any atom is 0.0701 e. The Balaban J connectivity index is 1.44. The third-order valence-electron chi connectivity index (χ3n) is 5.91. The first-order valence-electron chi connectivity index (χ1n) is 7.73. The van der Waals surface area contributed by atoms with Crippen molar-refractivity contribution in [2.45, 2.75) is 51.1 Å². The van der Waals surface area contributed by atoms with Gasteiger partial charge in [-0.05, 0) is 84.3 Å². The lowest BCUT2D eigenvalue weighted by atomic mass is 9.79. The Kier molecular flexibility index (Phi) is 3.28. The maximum atomic E-state index is 3.94. The average molecular weight is 340 g/mol. The fourth-order valence-corrected chi connectivity index (χ4v) is 6.66. The van der Waals surface area contributed by atoms with Crippen LogP contribution in [-0.2, 0) is 0 Å². The molecule has 1 N–H and O–H groups in total. The molecule has 3 aliphatic rings. The van der Waals surface area contributed by atoms with Crippen LogP contribution < -0.4 is 5.32 Å². The summed E-state index contributed by atoms with van der Waals surface area (Å²) in [4.78, 5) is 1.47. The van der Waals surface area contributed by atoms with Crippen molar-refractivity contribution in [3.8, 4) is 0 Å². The summed E-state index contributed by atoms with van der Waals surface area (Å²) in [5.74, 6) is 4.22. The van der Waals surface area contributed by atoms with E-state index in [9.17, 15) is 0 Å². The highest BCUT2D eigenvalue weighted by molar-refractivity contribution is 9.11. The van der Waals surface area contributed by atoms with Gasteiger partial charge in [0.05, 0.1) is 3.79 Å². The van der Waals surface area contributed by atoms with Gasteiger partial charge >= 0.3 is 0 Å². The standard InChI is InChI=1S/C16H22BrNS/c1-9(15-5-6-16(17)19-15)18-14-8-10-7-13(14)12-4-2-3-11(10)12/h5-6,9-14,18H,2-4,7-8H2,1H3. The van der Waals surface area contributed by atoms with Crippen LogP contribution in [0.15, 0.2) is 15.9 Å². The summed E-state index contributed by atoms with van der Waals surface area (Å²) in [6, 6.07) is 5.74. The molecule has 4 rings (SSSR count). The van der Waals surface area contributed by atoms with Gasteiger partial charge in [-0.3, -0.25) is 0 Å². The molecule has 1 aromatic heterocycles. The first kappa shape index (κ1) is 12.8. The van der Waals surface area contributed by atoms with Gasteiger partial charge < -0.3 is 5.32 Å². The zero-order valence-electron chi connectivity index (χ0n) is 11.4. The van der Waals surface area contributed by atoms with E-state index in [0.717, 1.165) is 29.7 Å². The van der Waals surface area contributed by atoms with E-state index in [1.807, 2.05) is 11.3 Å². The Labute approximate surface area is 128 Å². The van der Waals surface area contributed by atoms with Gasteiger partial charge in [0.2, 0.25) is 0 Å². The zero-order chi connectivity index (χ0) is 13.0. The minimum absolute atomic E-state index is 0.514. The normalized spacial score (nSPS) is 41.7. The average Bonchev–Trinajstić information content (AvgIpc) is 3.08. The predicted octanol–water partition coefficient (Wildman–Crippen LogP) is 4.99. The van der Waals surface area contributed by atoms with E-state index < -0.39 is 0 Å². The fourth-order valence-electron chi connectivity index (χ4n) is 5.22. The molecule has 0 aromatic carbocycles. The van der Waals surface area contributed by atoms with Crippen molar-refractivity contribution in [3.05, 3.63) is 20.8 Å². The maximum absolute atomic E-state index is 3.94. The predicted molar refractivity (Wildman–Crippen MR) is 84.4 cm³/mol. The van der Waals surface area contributed by atoms with E-state index in [0.29, 0.717) is 6.04 Å². The van der Waals surface area contributed by atoms with Crippen molar-refractivity contribution in [1.29, 1.82) is 0 Å². The van der Waals surface area contributed by atoms with Gasteiger partial charge in [0.25, 0.3) is 0 Å². The van der Waals surface area contributed by atoms with Gasteiger partial charge in [-0.15, -0.1) is 11.3 Å². The summed E-state index contributed by atoms with van der Waals surface area (Å²) >= 11 is 5.45. The SMILES string of the molecule is CC(NC1CC2CC1C1CCCC21)c1ccc(Br)s1. The van der Waals surface area contributed by atoms with Gasteiger partial charge in [-0.2, -0.15) is 0 Å². The molecule has 0 spiro atoms. The van der Waals surface area contributed by atoms with E-state index in [-0.39, 0.29) is 0 Å². The van der Waals surface area contributed by atoms with E-state index in [4.69, 9.17) is 0 Å². The van der Waals surface area contributed by atoms with E-state index in [2.05, 4.69) is 40.3 Å². The topological polar surface area (TPSA) is 12.0 Å². The summed E-state index contributed by atoms with van der Waals surface area (Å²) in [6.07, 6.45) is 7.52. The van der Waals surface area contributed by atoms with Gasteiger partial charge in [0.15, 0.2) is 0 Å². The quantitative estimate of drug-likeness (QED) is 0.818. The molecule has 6 unspecified atom stereocenters. The molecule has 3 saturated carbocycles. The van der Waals surface area contributed by atoms with Crippen molar-refractivity contribution < 1.29 is 0 Å². The summed E-state index contributed by atoms with van der Waals surface area (Å²) in [5, 5.41) is 3.94. The number of hydrogen-bond acceptors (Lipinski definition) is 2. The highest BCUT2D eigenvalue weighted by atomic mass is 79.9. The van der Waals surface area contributed by atoms with E-state index in [1.54, 1.807) is 0 Å². The summed E-state index contributed by atoms with van der Waals surface area (Å²) < 4.78 is 1.25. The number of halogens is 1. The minimum atomic E-state index is 0.514. The number of hydrogen-bond donors (Lipinski definition) is 1. The van der Waals surface area contributed by atoms with Gasteiger partial charge in [-0.1, -0.05) is 6.42 Å². The largest absolute Gasteiger partial charge is 0.306 e. The number of thiophene rings is 1. The molecule has 0 amide bonds. The molecular formula is C16H22BrNS. The van der Waals surface area contributed by atoms with Crippen LogP contribution in [0.3, 0.4) is 0 Å². The second-order valence-electron chi connectivity index (χ2n) is 6.79. The summed E-state index contributed by atoms with van der Waals surface area (Å²) in [7, 11) is 0. The van der Waals surface area contributed by atoms with Gasteiger partial charge in [0, 0.05) is 17.0 Å². The molecule has 3 fully saturated rings. The molecule has 0 saturated heterocycles. The van der Waals surface area contributed by atoms with E-state index >= 15 is 0 Å². The number of nitrogens with one attached hydrogen (secondary N) is 1. The van der Waals surface area contributed by atoms with E-state index in [1.165, 1.54) is 40.8 Å². The van der Waals surface area contributed by atoms with Crippen molar-refractivity contribution in [3.63, 3.8) is 0 Å². The van der Waals surface area contributed by atoms with Crippen LogP contribution in [-0.4, -0.2) is 6.04 Å². The molecule has 0 radical (unpaired) electrons. The fraction of sp³-hybridized carbons (Fsp3) is 0.750. The third-order valence-corrected chi connectivity index (χ3v) is 7.72. The summed E-state index contributed by atoms with van der Waals surface area (Å²) in [5.41, 5.74) is 0. The Morgan fingerprint density at radius 3 is 2.84 bits per heavy atom. The lowest BCUT2D eigenvalue weighted by Crippen LogP contribution is -2.40. The Bertz CT molecular complexity index is 471. The highest BCUT2D eigenvalue weighted by Gasteiger charge is 2.53. The molecule has 1 heterocycles. The van der Waals surface area contributed by atoms with Crippen molar-refractivity contribution >= 4 is 27.3 Å². The van der Waals surface area contributed by atoms with Crippen LogP contribution >= 0.6 is 27.3 Å². The molecule has 19 heavy (non-hydrogen) atoms. The molecule has 0 aliphatic heterocycles. The smallest absolute Gasteiger partial charge is 0.0701 e. The van der Waals surface area contributed by atoms with Gasteiger partial charge in [-0.25, -0.2) is 0 Å². The number of rotatable bonds is 3. The molecule has 3 aliphatic carbocycles. The molecule has 104 valence electrons. The molecular weight excluding hydrogens is 318 g/mol. The van der Waals surface area contributed by atoms with Crippen LogP contribution in [0, 0.1) is 23.7 Å². The van der Waals surface area contributed by atoms with Crippen LogP contribution in [0.25, 0.3) is 0 Å². The second kappa shape index (κ2) is 4.85. The summed E-state index contributed by atoms with van der Waals surface area (Å²) in [6.45, 7) is 2.33. The number of fused-ring (bicyclic) bond motifs is 5. The van der Waals surface area contributed by atoms with Crippen molar-refractivity contribution in [2.75, 3.05) is 0 Å².